The van der Waals surface area contributed by atoms with Crippen LogP contribution in [0.15, 0.2) is 42.6 Å². The molecule has 0 aliphatic heterocycles. The van der Waals surface area contributed by atoms with Gasteiger partial charge in [-0.2, -0.15) is 0 Å². The van der Waals surface area contributed by atoms with Gasteiger partial charge in [0.2, 0.25) is 0 Å². The average Bonchev–Trinajstić information content (AvgIpc) is 2.52. The van der Waals surface area contributed by atoms with E-state index in [0.717, 1.165) is 5.56 Å². The lowest BCUT2D eigenvalue weighted by molar-refractivity contribution is 0.102. The van der Waals surface area contributed by atoms with Gasteiger partial charge in [-0.15, -0.1) is 0 Å². The molecule has 0 atom stereocenters. The number of hydrogen-bond donors (Lipinski definition) is 2. The van der Waals surface area contributed by atoms with E-state index in [9.17, 15) is 9.59 Å². The van der Waals surface area contributed by atoms with Crippen LogP contribution in [-0.4, -0.2) is 23.6 Å². The first kappa shape index (κ1) is 15.5. The third-order valence-corrected chi connectivity index (χ3v) is 2.99. The fourth-order valence-corrected chi connectivity index (χ4v) is 1.87. The first-order chi connectivity index (χ1) is 10.6. The highest BCUT2D eigenvalue weighted by Crippen LogP contribution is 2.23. The molecule has 0 radical (unpaired) electrons. The number of rotatable bonds is 4. The molecule has 1 aromatic carbocycles. The lowest BCUT2D eigenvalue weighted by Crippen LogP contribution is -2.17. The molecule has 2 N–H and O–H groups in total. The van der Waals surface area contributed by atoms with Crippen LogP contribution in [0, 0.1) is 6.92 Å². The van der Waals surface area contributed by atoms with Crippen LogP contribution in [0.4, 0.5) is 16.2 Å². The molecule has 0 aliphatic rings. The number of pyridine rings is 1. The SMILES string of the molecule is CCOC(=O)Nc1cccc(NC(=O)c2ccccn2)c1C. The standard InChI is InChI=1S/C16H17N3O3/c1-3-22-16(21)19-13-9-6-8-12(11(13)2)18-15(20)14-7-4-5-10-17-14/h4-10H,3H2,1-2H3,(H,18,20)(H,19,21). The van der Waals surface area contributed by atoms with Crippen molar-refractivity contribution in [3.63, 3.8) is 0 Å². The maximum Gasteiger partial charge on any atom is 0.411 e. The smallest absolute Gasteiger partial charge is 0.411 e. The molecule has 0 saturated carbocycles. The van der Waals surface area contributed by atoms with E-state index in [1.807, 2.05) is 0 Å². The van der Waals surface area contributed by atoms with E-state index < -0.39 is 6.09 Å². The molecule has 0 spiro atoms. The number of carbonyl (C=O) groups excluding carboxylic acids is 2. The van der Waals surface area contributed by atoms with Gasteiger partial charge in [-0.3, -0.25) is 15.1 Å². The topological polar surface area (TPSA) is 80.3 Å². The minimum absolute atomic E-state index is 0.293. The van der Waals surface area contributed by atoms with E-state index >= 15 is 0 Å². The van der Waals surface area contributed by atoms with Gasteiger partial charge in [0.25, 0.3) is 5.91 Å². The second-order valence-corrected chi connectivity index (χ2v) is 4.49. The molecular formula is C16H17N3O3. The van der Waals surface area contributed by atoms with Crippen molar-refractivity contribution >= 4 is 23.4 Å². The second kappa shape index (κ2) is 7.21. The molecule has 2 aromatic rings. The summed E-state index contributed by atoms with van der Waals surface area (Å²) in [4.78, 5) is 27.6. The Morgan fingerprint density at radius 3 is 2.45 bits per heavy atom. The van der Waals surface area contributed by atoms with Crippen LogP contribution in [0.3, 0.4) is 0 Å². The monoisotopic (exact) mass is 299 g/mol. The maximum atomic E-state index is 12.1. The summed E-state index contributed by atoms with van der Waals surface area (Å²) >= 11 is 0. The van der Waals surface area contributed by atoms with Crippen LogP contribution < -0.4 is 10.6 Å². The number of benzene rings is 1. The van der Waals surface area contributed by atoms with Crippen molar-refractivity contribution in [2.75, 3.05) is 17.2 Å². The van der Waals surface area contributed by atoms with Crippen molar-refractivity contribution in [3.05, 3.63) is 53.9 Å². The second-order valence-electron chi connectivity index (χ2n) is 4.49. The van der Waals surface area contributed by atoms with E-state index in [1.54, 1.807) is 56.4 Å². The molecule has 0 aliphatic carbocycles. The Bertz CT molecular complexity index is 672. The minimum Gasteiger partial charge on any atom is -0.450 e. The fourth-order valence-electron chi connectivity index (χ4n) is 1.87. The van der Waals surface area contributed by atoms with Crippen LogP contribution >= 0.6 is 0 Å². The molecular weight excluding hydrogens is 282 g/mol. The number of hydrogen-bond acceptors (Lipinski definition) is 4. The van der Waals surface area contributed by atoms with Crippen LogP contribution in [0.1, 0.15) is 23.0 Å². The molecule has 2 rings (SSSR count). The van der Waals surface area contributed by atoms with Crippen molar-refractivity contribution in [3.8, 4) is 0 Å². The van der Waals surface area contributed by atoms with Crippen molar-refractivity contribution in [2.45, 2.75) is 13.8 Å². The summed E-state index contributed by atoms with van der Waals surface area (Å²) in [5.41, 5.74) is 2.24. The number of carbonyl (C=O) groups is 2. The van der Waals surface area contributed by atoms with E-state index in [2.05, 4.69) is 15.6 Å². The summed E-state index contributed by atoms with van der Waals surface area (Å²) in [6, 6.07) is 10.3. The van der Waals surface area contributed by atoms with E-state index in [0.29, 0.717) is 23.7 Å². The number of nitrogens with zero attached hydrogens (tertiary/aromatic N) is 1. The third-order valence-electron chi connectivity index (χ3n) is 2.99. The zero-order valence-electron chi connectivity index (χ0n) is 12.4. The third kappa shape index (κ3) is 3.82. The summed E-state index contributed by atoms with van der Waals surface area (Å²) in [5, 5.41) is 5.42. The largest absolute Gasteiger partial charge is 0.450 e. The Kier molecular flexibility index (Phi) is 5.08. The van der Waals surface area contributed by atoms with Crippen LogP contribution in [0.25, 0.3) is 0 Å². The predicted molar refractivity (Wildman–Crippen MR) is 84.0 cm³/mol. The predicted octanol–water partition coefficient (Wildman–Crippen LogP) is 3.21. The van der Waals surface area contributed by atoms with Gasteiger partial charge in [0, 0.05) is 17.6 Å². The Balaban J connectivity index is 2.15. The fraction of sp³-hybridized carbons (Fsp3) is 0.188. The molecule has 0 bridgehead atoms. The first-order valence-electron chi connectivity index (χ1n) is 6.87. The molecule has 1 aromatic heterocycles. The minimum atomic E-state index is -0.529. The maximum absolute atomic E-state index is 12.1. The van der Waals surface area contributed by atoms with Crippen LogP contribution in [0.5, 0.6) is 0 Å². The Morgan fingerprint density at radius 2 is 1.82 bits per heavy atom. The van der Waals surface area contributed by atoms with E-state index in [4.69, 9.17) is 4.74 Å². The molecule has 114 valence electrons. The zero-order chi connectivity index (χ0) is 15.9. The Morgan fingerprint density at radius 1 is 1.09 bits per heavy atom. The molecule has 6 nitrogen and oxygen atoms in total. The Hall–Kier alpha value is -2.89. The molecule has 6 heteroatoms. The van der Waals surface area contributed by atoms with Gasteiger partial charge >= 0.3 is 6.09 Å². The number of nitrogens with one attached hydrogen (secondary N) is 2. The summed E-state index contributed by atoms with van der Waals surface area (Å²) in [5.74, 6) is -0.308. The van der Waals surface area contributed by atoms with Gasteiger partial charge < -0.3 is 10.1 Å². The highest BCUT2D eigenvalue weighted by atomic mass is 16.5. The summed E-state index contributed by atoms with van der Waals surface area (Å²) in [7, 11) is 0. The lowest BCUT2D eigenvalue weighted by Gasteiger charge is -2.13. The van der Waals surface area contributed by atoms with Gasteiger partial charge in [-0.05, 0) is 43.7 Å². The van der Waals surface area contributed by atoms with Gasteiger partial charge in [-0.1, -0.05) is 12.1 Å². The van der Waals surface area contributed by atoms with Crippen molar-refractivity contribution in [2.24, 2.45) is 0 Å². The van der Waals surface area contributed by atoms with Crippen LogP contribution in [-0.2, 0) is 4.74 Å². The lowest BCUT2D eigenvalue weighted by atomic mass is 10.1. The molecule has 2 amide bonds. The van der Waals surface area contributed by atoms with E-state index in [1.165, 1.54) is 0 Å². The molecule has 0 saturated heterocycles. The van der Waals surface area contributed by atoms with Crippen molar-refractivity contribution in [1.29, 1.82) is 0 Å². The highest BCUT2D eigenvalue weighted by molar-refractivity contribution is 6.03. The van der Waals surface area contributed by atoms with Gasteiger partial charge in [0.05, 0.1) is 6.61 Å². The quantitative estimate of drug-likeness (QED) is 0.908. The van der Waals surface area contributed by atoms with E-state index in [-0.39, 0.29) is 5.91 Å². The van der Waals surface area contributed by atoms with Gasteiger partial charge in [0.1, 0.15) is 5.69 Å². The molecule has 22 heavy (non-hydrogen) atoms. The van der Waals surface area contributed by atoms with Gasteiger partial charge in [-0.25, -0.2) is 4.79 Å². The number of ether oxygens (including phenoxy) is 1. The molecule has 0 fully saturated rings. The highest BCUT2D eigenvalue weighted by Gasteiger charge is 2.11. The first-order valence-corrected chi connectivity index (χ1v) is 6.87. The number of anilines is 2. The number of aromatic nitrogens is 1. The summed E-state index contributed by atoms with van der Waals surface area (Å²) < 4.78 is 4.84. The zero-order valence-corrected chi connectivity index (χ0v) is 12.4. The molecule has 1 heterocycles. The Labute approximate surface area is 128 Å². The average molecular weight is 299 g/mol. The van der Waals surface area contributed by atoms with Gasteiger partial charge in [0.15, 0.2) is 0 Å². The normalized spacial score (nSPS) is 9.91. The van der Waals surface area contributed by atoms with Crippen molar-refractivity contribution < 1.29 is 14.3 Å². The van der Waals surface area contributed by atoms with Crippen LogP contribution in [0.2, 0.25) is 0 Å². The summed E-state index contributed by atoms with van der Waals surface area (Å²) in [6.45, 7) is 3.83. The number of amides is 2. The summed E-state index contributed by atoms with van der Waals surface area (Å²) in [6.07, 6.45) is 1.03. The molecule has 0 unspecified atom stereocenters. The van der Waals surface area contributed by atoms with Crippen molar-refractivity contribution in [1.82, 2.24) is 4.98 Å².